The molecule has 4 nitrogen and oxygen atoms in total. The minimum Gasteiger partial charge on any atom is -0.310 e. The second kappa shape index (κ2) is 7.95. The maximum Gasteiger partial charge on any atom is 0.228 e. The van der Waals surface area contributed by atoms with Gasteiger partial charge in [0.1, 0.15) is 11.0 Å². The Hall–Kier alpha value is -0.870. The van der Waals surface area contributed by atoms with E-state index in [0.29, 0.717) is 5.82 Å². The molecular weight excluding hydrogens is 309 g/mol. The van der Waals surface area contributed by atoms with Gasteiger partial charge < -0.3 is 5.32 Å². The van der Waals surface area contributed by atoms with Gasteiger partial charge in [0.15, 0.2) is 0 Å². The van der Waals surface area contributed by atoms with Crippen LogP contribution in [0.1, 0.15) is 51.9 Å². The molecule has 1 heterocycles. The predicted molar refractivity (Wildman–Crippen MR) is 85.7 cm³/mol. The van der Waals surface area contributed by atoms with Crippen molar-refractivity contribution in [2.45, 2.75) is 51.9 Å². The predicted octanol–water partition coefficient (Wildman–Crippen LogP) is 4.72. The number of halogens is 2. The highest BCUT2D eigenvalue weighted by Gasteiger charge is 2.26. The van der Waals surface area contributed by atoms with E-state index in [1.54, 1.807) is 0 Å². The molecule has 1 amide bonds. The van der Waals surface area contributed by atoms with Gasteiger partial charge in [0.05, 0.1) is 0 Å². The number of aromatic nitrogens is 2. The Morgan fingerprint density at radius 1 is 1.29 bits per heavy atom. The van der Waals surface area contributed by atoms with Crippen molar-refractivity contribution < 1.29 is 4.79 Å². The van der Waals surface area contributed by atoms with Crippen molar-refractivity contribution >= 4 is 34.9 Å². The lowest BCUT2D eigenvalue weighted by atomic mass is 9.79. The number of nitrogens with zero attached hydrogens (tertiary/aromatic N) is 2. The zero-order valence-electron chi connectivity index (χ0n) is 12.2. The molecule has 0 spiro atoms. The first-order chi connectivity index (χ1) is 10.1. The Kier molecular flexibility index (Phi) is 6.24. The number of carbonyl (C=O) groups is 1. The maximum absolute atomic E-state index is 12.3. The van der Waals surface area contributed by atoms with Crippen LogP contribution in [0.25, 0.3) is 0 Å². The second-order valence-corrected chi connectivity index (χ2v) is 6.42. The first-order valence-corrected chi connectivity index (χ1v) is 8.35. The number of amides is 1. The van der Waals surface area contributed by atoms with Crippen molar-refractivity contribution in [3.05, 3.63) is 16.5 Å². The zero-order valence-corrected chi connectivity index (χ0v) is 13.8. The molecule has 0 radical (unpaired) electrons. The van der Waals surface area contributed by atoms with E-state index in [1.807, 2.05) is 0 Å². The Bertz CT molecular complexity index is 468. The van der Waals surface area contributed by atoms with Gasteiger partial charge in [-0.25, -0.2) is 9.97 Å². The monoisotopic (exact) mass is 329 g/mol. The van der Waals surface area contributed by atoms with Gasteiger partial charge in [0, 0.05) is 12.0 Å². The summed E-state index contributed by atoms with van der Waals surface area (Å²) in [7, 11) is 0. The van der Waals surface area contributed by atoms with Crippen molar-refractivity contribution in [2.75, 3.05) is 5.32 Å². The van der Waals surface area contributed by atoms with E-state index in [1.165, 1.54) is 25.3 Å². The van der Waals surface area contributed by atoms with E-state index >= 15 is 0 Å². The zero-order chi connectivity index (χ0) is 15.2. The summed E-state index contributed by atoms with van der Waals surface area (Å²) in [5.41, 5.74) is 0. The average Bonchev–Trinajstić information content (AvgIpc) is 2.44. The molecule has 1 aliphatic rings. The van der Waals surface area contributed by atoms with Gasteiger partial charge in [-0.3, -0.25) is 4.79 Å². The van der Waals surface area contributed by atoms with Crippen LogP contribution in [0.5, 0.6) is 0 Å². The van der Waals surface area contributed by atoms with E-state index in [4.69, 9.17) is 23.2 Å². The molecular formula is C15H21Cl2N3O. The first kappa shape index (κ1) is 16.5. The quantitative estimate of drug-likeness (QED) is 0.628. The van der Waals surface area contributed by atoms with Gasteiger partial charge in [0.2, 0.25) is 11.2 Å². The van der Waals surface area contributed by atoms with Crippen molar-refractivity contribution in [2.24, 2.45) is 11.8 Å². The molecule has 1 aromatic heterocycles. The first-order valence-electron chi connectivity index (χ1n) is 7.59. The molecule has 1 aliphatic carbocycles. The van der Waals surface area contributed by atoms with Crippen LogP contribution >= 0.6 is 23.2 Å². The Balaban J connectivity index is 1.84. The lowest BCUT2D eigenvalue weighted by Crippen LogP contribution is -2.27. The van der Waals surface area contributed by atoms with Gasteiger partial charge >= 0.3 is 0 Å². The normalized spacial score (nSPS) is 22.0. The topological polar surface area (TPSA) is 54.9 Å². The fourth-order valence-electron chi connectivity index (χ4n) is 2.89. The van der Waals surface area contributed by atoms with Gasteiger partial charge in [-0.1, -0.05) is 37.8 Å². The van der Waals surface area contributed by atoms with Gasteiger partial charge in [0.25, 0.3) is 0 Å². The number of nitrogens with one attached hydrogen (secondary N) is 1. The SMILES string of the molecule is CCCCC1CCC(C(=O)Nc2cc(Cl)nc(Cl)n2)CC1. The number of hydrogen-bond acceptors (Lipinski definition) is 3. The van der Waals surface area contributed by atoms with Crippen molar-refractivity contribution in [1.29, 1.82) is 0 Å². The summed E-state index contributed by atoms with van der Waals surface area (Å²) in [6, 6.07) is 1.51. The minimum atomic E-state index is 0.00905. The van der Waals surface area contributed by atoms with Crippen molar-refractivity contribution in [1.82, 2.24) is 9.97 Å². The van der Waals surface area contributed by atoms with Crippen molar-refractivity contribution in [3.63, 3.8) is 0 Å². The molecule has 1 fully saturated rings. The highest BCUT2D eigenvalue weighted by molar-refractivity contribution is 6.32. The Morgan fingerprint density at radius 2 is 2.00 bits per heavy atom. The highest BCUT2D eigenvalue weighted by atomic mass is 35.5. The van der Waals surface area contributed by atoms with E-state index in [-0.39, 0.29) is 22.3 Å². The third kappa shape index (κ3) is 5.11. The van der Waals surface area contributed by atoms with E-state index in [0.717, 1.165) is 31.6 Å². The molecule has 1 saturated carbocycles. The second-order valence-electron chi connectivity index (χ2n) is 5.69. The molecule has 0 unspecified atom stereocenters. The number of hydrogen-bond donors (Lipinski definition) is 1. The van der Waals surface area contributed by atoms with Crippen LogP contribution in [0.3, 0.4) is 0 Å². The Labute approximate surface area is 135 Å². The summed E-state index contributed by atoms with van der Waals surface area (Å²) in [4.78, 5) is 20.0. The van der Waals surface area contributed by atoms with Crippen molar-refractivity contribution in [3.8, 4) is 0 Å². The Morgan fingerprint density at radius 3 is 2.62 bits per heavy atom. The summed E-state index contributed by atoms with van der Waals surface area (Å²) >= 11 is 11.5. The molecule has 21 heavy (non-hydrogen) atoms. The molecule has 2 rings (SSSR count). The summed E-state index contributed by atoms with van der Waals surface area (Å²) in [5.74, 6) is 1.24. The van der Waals surface area contributed by atoms with E-state index in [9.17, 15) is 4.79 Å². The van der Waals surface area contributed by atoms with Crippen LogP contribution < -0.4 is 5.32 Å². The summed E-state index contributed by atoms with van der Waals surface area (Å²) < 4.78 is 0. The molecule has 1 N–H and O–H groups in total. The van der Waals surface area contributed by atoms with Gasteiger partial charge in [-0.05, 0) is 43.2 Å². The summed E-state index contributed by atoms with van der Waals surface area (Å²) in [5, 5.41) is 3.07. The summed E-state index contributed by atoms with van der Waals surface area (Å²) in [6.07, 6.45) is 8.02. The molecule has 1 aromatic rings. The standard InChI is InChI=1S/C15H21Cl2N3O/c1-2-3-4-10-5-7-11(8-6-10)14(21)19-13-9-12(16)18-15(17)20-13/h9-11H,2-8H2,1H3,(H,18,19,20,21). The largest absolute Gasteiger partial charge is 0.310 e. The van der Waals surface area contributed by atoms with Crippen LogP contribution in [0.15, 0.2) is 6.07 Å². The van der Waals surface area contributed by atoms with Crippen LogP contribution in [0.2, 0.25) is 10.4 Å². The average molecular weight is 330 g/mol. The van der Waals surface area contributed by atoms with Crippen LogP contribution in [0, 0.1) is 11.8 Å². The van der Waals surface area contributed by atoms with Crippen LogP contribution in [-0.4, -0.2) is 15.9 Å². The third-order valence-corrected chi connectivity index (χ3v) is 4.46. The lowest BCUT2D eigenvalue weighted by Gasteiger charge is -2.27. The highest BCUT2D eigenvalue weighted by Crippen LogP contribution is 2.32. The van der Waals surface area contributed by atoms with Crippen LogP contribution in [0.4, 0.5) is 5.82 Å². The van der Waals surface area contributed by atoms with Gasteiger partial charge in [-0.2, -0.15) is 0 Å². The fraction of sp³-hybridized carbons (Fsp3) is 0.667. The molecule has 0 bridgehead atoms. The fourth-order valence-corrected chi connectivity index (χ4v) is 3.30. The van der Waals surface area contributed by atoms with Crippen LogP contribution in [-0.2, 0) is 4.79 Å². The number of rotatable bonds is 5. The molecule has 116 valence electrons. The number of anilines is 1. The number of carbonyl (C=O) groups excluding carboxylic acids is 1. The lowest BCUT2D eigenvalue weighted by molar-refractivity contribution is -0.121. The summed E-state index contributed by atoms with van der Waals surface area (Å²) in [6.45, 7) is 2.22. The maximum atomic E-state index is 12.3. The number of unbranched alkanes of at least 4 members (excludes halogenated alkanes) is 1. The van der Waals surface area contributed by atoms with E-state index in [2.05, 4.69) is 22.2 Å². The molecule has 0 atom stereocenters. The minimum absolute atomic E-state index is 0.00905. The molecule has 0 saturated heterocycles. The molecule has 0 aromatic carbocycles. The molecule has 0 aliphatic heterocycles. The molecule has 6 heteroatoms. The van der Waals surface area contributed by atoms with E-state index < -0.39 is 0 Å². The van der Waals surface area contributed by atoms with Gasteiger partial charge in [-0.15, -0.1) is 0 Å². The smallest absolute Gasteiger partial charge is 0.228 e. The third-order valence-electron chi connectivity index (χ3n) is 4.10.